The average molecular weight is 239 g/mol. The topological polar surface area (TPSA) is 51.8 Å². The Labute approximate surface area is 107 Å². The molecule has 92 valence electrons. The lowest BCUT2D eigenvalue weighted by Crippen LogP contribution is -2.08. The molecule has 0 bridgehead atoms. The van der Waals surface area contributed by atoms with Crippen LogP contribution < -0.4 is 5.73 Å². The summed E-state index contributed by atoms with van der Waals surface area (Å²) in [6.45, 7) is 0. The van der Waals surface area contributed by atoms with Crippen molar-refractivity contribution in [3.63, 3.8) is 0 Å². The molecule has 0 amide bonds. The van der Waals surface area contributed by atoms with Gasteiger partial charge in [-0.05, 0) is 30.4 Å². The lowest BCUT2D eigenvalue weighted by molar-refractivity contribution is 0.651. The highest BCUT2D eigenvalue weighted by Gasteiger charge is 2.22. The van der Waals surface area contributed by atoms with Crippen LogP contribution in [-0.2, 0) is 6.42 Å². The quantitative estimate of drug-likeness (QED) is 0.778. The monoisotopic (exact) mass is 239 g/mol. The first-order chi connectivity index (χ1) is 8.84. The number of aromatic nitrogens is 2. The van der Waals surface area contributed by atoms with Crippen molar-refractivity contribution in [2.45, 2.75) is 31.6 Å². The van der Waals surface area contributed by atoms with Gasteiger partial charge in [-0.1, -0.05) is 36.8 Å². The fourth-order valence-electron chi connectivity index (χ4n) is 2.74. The second kappa shape index (κ2) is 4.77. The number of fused-ring (bicyclic) bond motifs is 1. The predicted octanol–water partition coefficient (Wildman–Crippen LogP) is 2.92. The molecule has 1 aromatic heterocycles. The summed E-state index contributed by atoms with van der Waals surface area (Å²) in [6.07, 6.45) is 6.56. The molecule has 18 heavy (non-hydrogen) atoms. The van der Waals surface area contributed by atoms with Gasteiger partial charge in [0.2, 0.25) is 5.95 Å². The Hall–Kier alpha value is -1.90. The van der Waals surface area contributed by atoms with Crippen LogP contribution in [-0.4, -0.2) is 9.97 Å². The maximum atomic E-state index is 5.75. The van der Waals surface area contributed by atoms with E-state index in [4.69, 9.17) is 5.73 Å². The van der Waals surface area contributed by atoms with Crippen LogP contribution in [0.25, 0.3) is 0 Å². The van der Waals surface area contributed by atoms with Crippen LogP contribution in [0.1, 0.15) is 42.0 Å². The van der Waals surface area contributed by atoms with Crippen molar-refractivity contribution in [3.05, 3.63) is 53.3 Å². The van der Waals surface area contributed by atoms with Crippen LogP contribution in [0.15, 0.2) is 36.5 Å². The first kappa shape index (κ1) is 11.2. The minimum Gasteiger partial charge on any atom is -0.368 e. The van der Waals surface area contributed by atoms with Crippen molar-refractivity contribution in [1.29, 1.82) is 0 Å². The highest BCUT2D eigenvalue weighted by molar-refractivity contribution is 5.36. The van der Waals surface area contributed by atoms with Crippen LogP contribution in [0.2, 0.25) is 0 Å². The molecular formula is C15H17N3. The number of nitrogen functional groups attached to an aromatic ring is 1. The van der Waals surface area contributed by atoms with Gasteiger partial charge >= 0.3 is 0 Å². The molecule has 1 heterocycles. The number of hydrogen-bond acceptors (Lipinski definition) is 3. The third-order valence-corrected chi connectivity index (χ3v) is 3.64. The molecule has 1 aliphatic rings. The van der Waals surface area contributed by atoms with E-state index in [1.165, 1.54) is 24.0 Å². The van der Waals surface area contributed by atoms with Gasteiger partial charge in [0.25, 0.3) is 0 Å². The first-order valence-electron chi connectivity index (χ1n) is 6.51. The molecule has 0 fully saturated rings. The maximum absolute atomic E-state index is 5.75. The summed E-state index contributed by atoms with van der Waals surface area (Å²) in [6, 6.07) is 10.6. The van der Waals surface area contributed by atoms with Gasteiger partial charge in [-0.3, -0.25) is 0 Å². The summed E-state index contributed by atoms with van der Waals surface area (Å²) in [5.41, 5.74) is 9.47. The van der Waals surface area contributed by atoms with Gasteiger partial charge in [0, 0.05) is 12.1 Å². The molecule has 1 aromatic carbocycles. The molecule has 3 heteroatoms. The van der Waals surface area contributed by atoms with Crippen molar-refractivity contribution in [3.8, 4) is 0 Å². The van der Waals surface area contributed by atoms with Crippen LogP contribution in [0.4, 0.5) is 5.95 Å². The SMILES string of the molecule is Nc1ncc2c(n1)C(c1ccccc1)CCCC2. The molecule has 2 aromatic rings. The summed E-state index contributed by atoms with van der Waals surface area (Å²) in [5, 5.41) is 0. The normalized spacial score (nSPS) is 19.0. The molecule has 2 N–H and O–H groups in total. The molecular weight excluding hydrogens is 222 g/mol. The molecule has 0 saturated carbocycles. The van der Waals surface area contributed by atoms with Crippen LogP contribution in [0, 0.1) is 0 Å². The number of aryl methyl sites for hydroxylation is 1. The number of nitrogens with zero attached hydrogens (tertiary/aromatic N) is 2. The molecule has 0 spiro atoms. The maximum Gasteiger partial charge on any atom is 0.220 e. The Morgan fingerprint density at radius 3 is 2.78 bits per heavy atom. The summed E-state index contributed by atoms with van der Waals surface area (Å²) >= 11 is 0. The van der Waals surface area contributed by atoms with Gasteiger partial charge in [0.15, 0.2) is 0 Å². The summed E-state index contributed by atoms with van der Waals surface area (Å²) in [4.78, 5) is 8.63. The number of nitrogens with two attached hydrogens (primary N) is 1. The van der Waals surface area contributed by atoms with Crippen molar-refractivity contribution in [1.82, 2.24) is 9.97 Å². The Morgan fingerprint density at radius 1 is 1.11 bits per heavy atom. The number of benzene rings is 1. The first-order valence-corrected chi connectivity index (χ1v) is 6.51. The second-order valence-corrected chi connectivity index (χ2v) is 4.85. The molecule has 0 radical (unpaired) electrons. The van der Waals surface area contributed by atoms with E-state index in [0.29, 0.717) is 11.9 Å². The van der Waals surface area contributed by atoms with Crippen molar-refractivity contribution < 1.29 is 0 Å². The number of rotatable bonds is 1. The molecule has 0 aliphatic heterocycles. The zero-order chi connectivity index (χ0) is 12.4. The van der Waals surface area contributed by atoms with E-state index in [1.807, 2.05) is 6.20 Å². The lowest BCUT2D eigenvalue weighted by Gasteiger charge is -2.17. The number of hydrogen-bond donors (Lipinski definition) is 1. The van der Waals surface area contributed by atoms with Crippen LogP contribution in [0.3, 0.4) is 0 Å². The molecule has 1 unspecified atom stereocenters. The van der Waals surface area contributed by atoms with E-state index in [1.54, 1.807) is 0 Å². The van der Waals surface area contributed by atoms with Gasteiger partial charge in [-0.2, -0.15) is 0 Å². The van der Waals surface area contributed by atoms with E-state index < -0.39 is 0 Å². The molecule has 0 saturated heterocycles. The van der Waals surface area contributed by atoms with E-state index >= 15 is 0 Å². The Morgan fingerprint density at radius 2 is 1.94 bits per heavy atom. The Bertz CT molecular complexity index is 537. The standard InChI is InChI=1S/C15H17N3/c16-15-17-10-12-8-4-5-9-13(14(12)18-15)11-6-2-1-3-7-11/h1-3,6-7,10,13H,4-5,8-9H2,(H2,16,17,18). The lowest BCUT2D eigenvalue weighted by atomic mass is 9.91. The van der Waals surface area contributed by atoms with E-state index in [-0.39, 0.29) is 0 Å². The van der Waals surface area contributed by atoms with Crippen molar-refractivity contribution in [2.24, 2.45) is 0 Å². The predicted molar refractivity (Wildman–Crippen MR) is 72.3 cm³/mol. The smallest absolute Gasteiger partial charge is 0.220 e. The molecule has 1 aliphatic carbocycles. The van der Waals surface area contributed by atoms with E-state index in [0.717, 1.165) is 18.5 Å². The zero-order valence-electron chi connectivity index (χ0n) is 10.3. The highest BCUT2D eigenvalue weighted by Crippen LogP contribution is 2.34. The Kier molecular flexibility index (Phi) is 2.97. The average Bonchev–Trinajstić information content (AvgIpc) is 2.61. The fourth-order valence-corrected chi connectivity index (χ4v) is 2.74. The third-order valence-electron chi connectivity index (χ3n) is 3.64. The number of anilines is 1. The van der Waals surface area contributed by atoms with E-state index in [9.17, 15) is 0 Å². The van der Waals surface area contributed by atoms with Gasteiger partial charge in [-0.25, -0.2) is 9.97 Å². The summed E-state index contributed by atoms with van der Waals surface area (Å²) in [5.74, 6) is 0.755. The molecule has 3 rings (SSSR count). The van der Waals surface area contributed by atoms with Crippen molar-refractivity contribution in [2.75, 3.05) is 5.73 Å². The minimum absolute atomic E-state index is 0.369. The van der Waals surface area contributed by atoms with Gasteiger partial charge < -0.3 is 5.73 Å². The van der Waals surface area contributed by atoms with E-state index in [2.05, 4.69) is 40.3 Å². The van der Waals surface area contributed by atoms with Crippen molar-refractivity contribution >= 4 is 5.95 Å². The van der Waals surface area contributed by atoms with Gasteiger partial charge in [0.05, 0.1) is 5.69 Å². The molecule has 3 nitrogen and oxygen atoms in total. The van der Waals surface area contributed by atoms with Gasteiger partial charge in [0.1, 0.15) is 0 Å². The fraction of sp³-hybridized carbons (Fsp3) is 0.333. The second-order valence-electron chi connectivity index (χ2n) is 4.85. The largest absolute Gasteiger partial charge is 0.368 e. The van der Waals surface area contributed by atoms with Crippen LogP contribution >= 0.6 is 0 Å². The summed E-state index contributed by atoms with van der Waals surface area (Å²) in [7, 11) is 0. The zero-order valence-corrected chi connectivity index (χ0v) is 10.3. The minimum atomic E-state index is 0.369. The highest BCUT2D eigenvalue weighted by atomic mass is 15.0. The molecule has 1 atom stereocenters. The summed E-state index contributed by atoms with van der Waals surface area (Å²) < 4.78 is 0. The van der Waals surface area contributed by atoms with Crippen LogP contribution in [0.5, 0.6) is 0 Å². The Balaban J connectivity index is 2.08. The van der Waals surface area contributed by atoms with Gasteiger partial charge in [-0.15, -0.1) is 0 Å². The third kappa shape index (κ3) is 2.08.